The van der Waals surface area contributed by atoms with Crippen LogP contribution >= 0.6 is 11.6 Å². The van der Waals surface area contributed by atoms with Crippen molar-refractivity contribution in [3.05, 3.63) is 82.6 Å². The Labute approximate surface area is 197 Å². The molecule has 2 heterocycles. The molecule has 0 radical (unpaired) electrons. The number of carbonyl (C=O) groups excluding carboxylic acids is 2. The molecule has 12 heteroatoms. The molecule has 174 valence electrons. The molecule has 0 saturated heterocycles. The van der Waals surface area contributed by atoms with E-state index < -0.39 is 37.9 Å². The number of anilines is 2. The Morgan fingerprint density at radius 3 is 2.41 bits per heavy atom. The van der Waals surface area contributed by atoms with Crippen LogP contribution in [0.5, 0.6) is 0 Å². The number of sulfonamides is 1. The van der Waals surface area contributed by atoms with Gasteiger partial charge >= 0.3 is 0 Å². The van der Waals surface area contributed by atoms with Crippen LogP contribution in [-0.4, -0.2) is 30.1 Å². The fourth-order valence-electron chi connectivity index (χ4n) is 3.28. The van der Waals surface area contributed by atoms with Crippen molar-refractivity contribution in [2.45, 2.75) is 11.8 Å². The molecular weight excluding hydrogens is 490 g/mol. The van der Waals surface area contributed by atoms with E-state index in [1.807, 2.05) is 0 Å². The van der Waals surface area contributed by atoms with Gasteiger partial charge in [0, 0.05) is 41.6 Å². The second-order valence-electron chi connectivity index (χ2n) is 7.18. The monoisotopic (exact) mass is 504 g/mol. The molecule has 34 heavy (non-hydrogen) atoms. The first-order valence-corrected chi connectivity index (χ1v) is 11.5. The summed E-state index contributed by atoms with van der Waals surface area (Å²) in [7, 11) is -4.54. The molecule has 4 rings (SSSR count). The highest BCUT2D eigenvalue weighted by Gasteiger charge is 2.29. The topological polar surface area (TPSA) is 121 Å². The lowest BCUT2D eigenvalue weighted by molar-refractivity contribution is -0.114. The molecule has 0 spiro atoms. The molecule has 1 amide bonds. The minimum Gasteiger partial charge on any atom is -0.345 e. The van der Waals surface area contributed by atoms with Crippen LogP contribution in [0.25, 0.3) is 11.0 Å². The molecule has 8 nitrogen and oxygen atoms in total. The van der Waals surface area contributed by atoms with Crippen LogP contribution < -0.4 is 10.0 Å². The number of nitrogens with one attached hydrogen (secondary N) is 3. The van der Waals surface area contributed by atoms with Crippen LogP contribution in [0, 0.1) is 11.6 Å². The van der Waals surface area contributed by atoms with Crippen molar-refractivity contribution in [2.24, 2.45) is 0 Å². The number of fused-ring (bicyclic) bond motifs is 1. The van der Waals surface area contributed by atoms with Gasteiger partial charge in [-0.15, -0.1) is 0 Å². The van der Waals surface area contributed by atoms with Crippen molar-refractivity contribution >= 4 is 55.7 Å². The predicted molar refractivity (Wildman–Crippen MR) is 122 cm³/mol. The summed E-state index contributed by atoms with van der Waals surface area (Å²) in [4.78, 5) is 29.9. The summed E-state index contributed by atoms with van der Waals surface area (Å²) in [5, 5.41) is 2.95. The molecule has 2 aromatic heterocycles. The van der Waals surface area contributed by atoms with Gasteiger partial charge in [-0.2, -0.15) is 0 Å². The first kappa shape index (κ1) is 23.3. The van der Waals surface area contributed by atoms with Crippen molar-refractivity contribution in [2.75, 3.05) is 10.0 Å². The normalized spacial score (nSPS) is 11.4. The Bertz CT molecular complexity index is 1550. The van der Waals surface area contributed by atoms with Gasteiger partial charge < -0.3 is 10.3 Å². The van der Waals surface area contributed by atoms with E-state index in [2.05, 4.69) is 20.0 Å². The number of amides is 1. The number of hydrogen-bond donors (Lipinski definition) is 3. The number of nitrogens with zero attached hydrogens (tertiary/aromatic N) is 1. The summed E-state index contributed by atoms with van der Waals surface area (Å²) in [5.74, 6) is -4.17. The molecule has 0 aliphatic rings. The van der Waals surface area contributed by atoms with Crippen molar-refractivity contribution < 1.29 is 26.8 Å². The summed E-state index contributed by atoms with van der Waals surface area (Å²) in [5.41, 5.74) is -0.419. The molecule has 0 atom stereocenters. The van der Waals surface area contributed by atoms with Gasteiger partial charge in [0.25, 0.3) is 10.0 Å². The number of aromatic nitrogens is 2. The number of carbonyl (C=O) groups is 2. The smallest absolute Gasteiger partial charge is 0.264 e. The fraction of sp³-hybridized carbons (Fsp3) is 0.0455. The zero-order valence-corrected chi connectivity index (χ0v) is 18.9. The number of halogens is 3. The van der Waals surface area contributed by atoms with E-state index in [0.29, 0.717) is 11.8 Å². The van der Waals surface area contributed by atoms with Gasteiger partial charge in [0.1, 0.15) is 16.4 Å². The van der Waals surface area contributed by atoms with Gasteiger partial charge in [0.15, 0.2) is 5.82 Å². The highest BCUT2D eigenvalue weighted by atomic mass is 35.5. The maximum Gasteiger partial charge on any atom is 0.264 e. The molecule has 0 aliphatic heterocycles. The van der Waals surface area contributed by atoms with E-state index >= 15 is 4.39 Å². The Hall–Kier alpha value is -3.83. The second-order valence-corrected chi connectivity index (χ2v) is 9.27. The first-order chi connectivity index (χ1) is 16.1. The zero-order valence-electron chi connectivity index (χ0n) is 17.3. The zero-order chi connectivity index (χ0) is 24.6. The summed E-state index contributed by atoms with van der Waals surface area (Å²) >= 11 is 5.91. The van der Waals surface area contributed by atoms with Crippen LogP contribution in [0.1, 0.15) is 22.8 Å². The third kappa shape index (κ3) is 4.47. The Morgan fingerprint density at radius 1 is 1.06 bits per heavy atom. The molecule has 3 N–H and O–H groups in total. The predicted octanol–water partition coefficient (Wildman–Crippen LogP) is 4.48. The highest BCUT2D eigenvalue weighted by Crippen LogP contribution is 2.28. The largest absolute Gasteiger partial charge is 0.345 e. The molecule has 0 saturated carbocycles. The van der Waals surface area contributed by atoms with E-state index in [1.165, 1.54) is 49.6 Å². The van der Waals surface area contributed by atoms with Gasteiger partial charge in [0.05, 0.1) is 10.6 Å². The summed E-state index contributed by atoms with van der Waals surface area (Å²) in [6.07, 6.45) is 2.54. The standard InChI is InChI=1S/C22H15ClF2N4O4S/c1-11(30)28-13-2-4-14(5-3-13)29-34(32,33)18-7-6-17(24)19(20(18)25)21(31)16-10-27-22-15(16)8-12(23)9-26-22/h2-10,29H,1H3,(H,26,27)(H,28,30). The van der Waals surface area contributed by atoms with Crippen molar-refractivity contribution in [1.29, 1.82) is 0 Å². The second kappa shape index (κ2) is 8.84. The molecular formula is C22H15ClF2N4O4S. The van der Waals surface area contributed by atoms with Crippen molar-refractivity contribution in [3.63, 3.8) is 0 Å². The van der Waals surface area contributed by atoms with Gasteiger partial charge in [0.2, 0.25) is 11.7 Å². The lowest BCUT2D eigenvalue weighted by atomic mass is 10.0. The number of rotatable bonds is 6. The lowest BCUT2D eigenvalue weighted by Crippen LogP contribution is -2.18. The summed E-state index contributed by atoms with van der Waals surface area (Å²) < 4.78 is 57.7. The quantitative estimate of drug-likeness (QED) is 0.334. The number of H-pyrrole nitrogens is 1. The fourth-order valence-corrected chi connectivity index (χ4v) is 4.58. The number of aromatic amines is 1. The van der Waals surface area contributed by atoms with Crippen molar-refractivity contribution in [1.82, 2.24) is 9.97 Å². The van der Waals surface area contributed by atoms with E-state index in [9.17, 15) is 22.4 Å². The number of ketones is 1. The third-order valence-electron chi connectivity index (χ3n) is 4.77. The van der Waals surface area contributed by atoms with Gasteiger partial charge in [-0.1, -0.05) is 11.6 Å². The number of pyridine rings is 1. The van der Waals surface area contributed by atoms with Crippen LogP contribution in [-0.2, 0) is 14.8 Å². The van der Waals surface area contributed by atoms with E-state index in [-0.39, 0.29) is 33.2 Å². The van der Waals surface area contributed by atoms with Gasteiger partial charge in [-0.05, 0) is 42.5 Å². The first-order valence-electron chi connectivity index (χ1n) is 9.62. The molecule has 0 bridgehead atoms. The minimum absolute atomic E-state index is 0.0584. The van der Waals surface area contributed by atoms with E-state index in [1.54, 1.807) is 0 Å². The minimum atomic E-state index is -4.54. The molecule has 0 fully saturated rings. The highest BCUT2D eigenvalue weighted by molar-refractivity contribution is 7.92. The molecule has 4 aromatic rings. The lowest BCUT2D eigenvalue weighted by Gasteiger charge is -2.12. The third-order valence-corrected chi connectivity index (χ3v) is 6.38. The Balaban J connectivity index is 1.71. The van der Waals surface area contributed by atoms with Crippen molar-refractivity contribution in [3.8, 4) is 0 Å². The van der Waals surface area contributed by atoms with E-state index in [0.717, 1.165) is 6.07 Å². The average Bonchev–Trinajstić information content (AvgIpc) is 3.17. The SMILES string of the molecule is CC(=O)Nc1ccc(NS(=O)(=O)c2ccc(F)c(C(=O)c3c[nH]c4ncc(Cl)cc34)c2F)cc1. The summed E-state index contributed by atoms with van der Waals surface area (Å²) in [6, 6.07) is 8.39. The van der Waals surface area contributed by atoms with Gasteiger partial charge in [-0.25, -0.2) is 22.2 Å². The van der Waals surface area contributed by atoms with E-state index in [4.69, 9.17) is 11.6 Å². The molecule has 2 aromatic carbocycles. The van der Waals surface area contributed by atoms with Crippen LogP contribution in [0.3, 0.4) is 0 Å². The Kier molecular flexibility index (Phi) is 6.07. The van der Waals surface area contributed by atoms with Crippen LogP contribution in [0.4, 0.5) is 20.2 Å². The van der Waals surface area contributed by atoms with Crippen LogP contribution in [0.2, 0.25) is 5.02 Å². The van der Waals surface area contributed by atoms with Gasteiger partial charge in [-0.3, -0.25) is 14.3 Å². The van der Waals surface area contributed by atoms with Crippen LogP contribution in [0.15, 0.2) is 59.8 Å². The maximum absolute atomic E-state index is 15.3. The summed E-state index contributed by atoms with van der Waals surface area (Å²) in [6.45, 7) is 1.31. The average molecular weight is 505 g/mol. The number of benzene rings is 2. The molecule has 0 unspecified atom stereocenters. The number of hydrogen-bond acceptors (Lipinski definition) is 5. The Morgan fingerprint density at radius 2 is 1.74 bits per heavy atom. The molecule has 0 aliphatic carbocycles. The maximum atomic E-state index is 15.3.